The van der Waals surface area contributed by atoms with Crippen LogP contribution in [-0.4, -0.2) is 35.9 Å². The van der Waals surface area contributed by atoms with Crippen molar-refractivity contribution in [3.05, 3.63) is 75.7 Å². The summed E-state index contributed by atoms with van der Waals surface area (Å²) in [6, 6.07) is 18.3. The Bertz CT molecular complexity index is 1110. The Hall–Kier alpha value is -2.57. The Morgan fingerprint density at radius 3 is 2.56 bits per heavy atom. The molecule has 2 amide bonds. The highest BCUT2D eigenvalue weighted by molar-refractivity contribution is 9.10. The van der Waals surface area contributed by atoms with Gasteiger partial charge in [0.05, 0.1) is 4.47 Å². The van der Waals surface area contributed by atoms with Gasteiger partial charge in [-0.3, -0.25) is 9.59 Å². The van der Waals surface area contributed by atoms with E-state index in [1.165, 1.54) is 4.90 Å². The zero-order valence-corrected chi connectivity index (χ0v) is 20.4. The highest BCUT2D eigenvalue weighted by Gasteiger charge is 2.27. The topological polar surface area (TPSA) is 58.6 Å². The molecule has 0 aliphatic carbocycles. The highest BCUT2D eigenvalue weighted by atomic mass is 79.9. The Balaban J connectivity index is 1.79. The van der Waals surface area contributed by atoms with Gasteiger partial charge in [0.15, 0.2) is 6.61 Å². The number of carbonyl (C=O) groups excluding carboxylic acids is 2. The molecule has 3 aromatic rings. The summed E-state index contributed by atoms with van der Waals surface area (Å²) >= 11 is 9.90. The van der Waals surface area contributed by atoms with Crippen molar-refractivity contribution in [1.29, 1.82) is 0 Å². The number of nitrogens with one attached hydrogen (secondary N) is 1. The predicted octanol–water partition coefficient (Wildman–Crippen LogP) is 5.58. The SMILES string of the molecule is CCCNC(=O)[C@@H](C)N(Cc1ccccc1Cl)C(=O)COc1ccc2ccccc2c1Br. The third kappa shape index (κ3) is 5.81. The van der Waals surface area contributed by atoms with Crippen molar-refractivity contribution in [1.82, 2.24) is 10.2 Å². The van der Waals surface area contributed by atoms with Crippen LogP contribution in [0.2, 0.25) is 5.02 Å². The summed E-state index contributed by atoms with van der Waals surface area (Å²) in [5.74, 6) is 0.0566. The maximum absolute atomic E-state index is 13.2. The Labute approximate surface area is 201 Å². The van der Waals surface area contributed by atoms with E-state index in [1.54, 1.807) is 13.0 Å². The first-order valence-electron chi connectivity index (χ1n) is 10.5. The largest absolute Gasteiger partial charge is 0.483 e. The van der Waals surface area contributed by atoms with Gasteiger partial charge in [-0.1, -0.05) is 67.1 Å². The van der Waals surface area contributed by atoms with E-state index in [0.29, 0.717) is 17.3 Å². The molecule has 0 aromatic heterocycles. The molecule has 0 radical (unpaired) electrons. The molecule has 0 unspecified atom stereocenters. The molecular weight excluding hydrogens is 492 g/mol. The van der Waals surface area contributed by atoms with Crippen LogP contribution in [0.15, 0.2) is 65.1 Å². The van der Waals surface area contributed by atoms with Crippen molar-refractivity contribution in [3.8, 4) is 5.75 Å². The van der Waals surface area contributed by atoms with Crippen molar-refractivity contribution < 1.29 is 14.3 Å². The average molecular weight is 518 g/mol. The third-order valence-electron chi connectivity index (χ3n) is 5.19. The summed E-state index contributed by atoms with van der Waals surface area (Å²) in [6.07, 6.45) is 0.815. The minimum Gasteiger partial charge on any atom is -0.483 e. The molecule has 0 saturated heterocycles. The number of hydrogen-bond donors (Lipinski definition) is 1. The number of amides is 2. The van der Waals surface area contributed by atoms with Crippen molar-refractivity contribution in [3.63, 3.8) is 0 Å². The molecule has 1 atom stereocenters. The van der Waals surface area contributed by atoms with Crippen LogP contribution in [0.3, 0.4) is 0 Å². The molecule has 5 nitrogen and oxygen atoms in total. The van der Waals surface area contributed by atoms with Gasteiger partial charge in [0.1, 0.15) is 11.8 Å². The second kappa shape index (κ2) is 11.3. The molecule has 7 heteroatoms. The summed E-state index contributed by atoms with van der Waals surface area (Å²) in [5, 5.41) is 5.47. The van der Waals surface area contributed by atoms with Gasteiger partial charge in [0.2, 0.25) is 5.91 Å². The maximum atomic E-state index is 13.2. The van der Waals surface area contributed by atoms with Crippen molar-refractivity contribution in [2.45, 2.75) is 32.9 Å². The molecule has 0 aliphatic rings. The number of rotatable bonds is 9. The van der Waals surface area contributed by atoms with E-state index in [4.69, 9.17) is 16.3 Å². The molecule has 168 valence electrons. The van der Waals surface area contributed by atoms with E-state index in [2.05, 4.69) is 21.2 Å². The first-order valence-corrected chi connectivity index (χ1v) is 11.7. The molecule has 32 heavy (non-hydrogen) atoms. The lowest BCUT2D eigenvalue weighted by atomic mass is 10.1. The standard InChI is InChI=1S/C25H26BrClN2O3/c1-3-14-28-25(31)17(2)29(15-19-9-5-7-11-21(19)27)23(30)16-32-22-13-12-18-8-4-6-10-20(18)24(22)26/h4-13,17H,3,14-16H2,1-2H3,(H,28,31)/t17-/m1/s1. The van der Waals surface area contributed by atoms with Crippen LogP contribution in [-0.2, 0) is 16.1 Å². The Kier molecular flexibility index (Phi) is 8.53. The summed E-state index contributed by atoms with van der Waals surface area (Å²) < 4.78 is 6.65. The average Bonchev–Trinajstić information content (AvgIpc) is 2.81. The van der Waals surface area contributed by atoms with Crippen molar-refractivity contribution in [2.75, 3.05) is 13.2 Å². The van der Waals surface area contributed by atoms with Gasteiger partial charge in [-0.15, -0.1) is 0 Å². The highest BCUT2D eigenvalue weighted by Crippen LogP contribution is 2.33. The van der Waals surface area contributed by atoms with E-state index in [0.717, 1.165) is 27.2 Å². The Morgan fingerprint density at radius 1 is 1.09 bits per heavy atom. The summed E-state index contributed by atoms with van der Waals surface area (Å²) in [7, 11) is 0. The van der Waals surface area contributed by atoms with Gasteiger partial charge < -0.3 is 15.0 Å². The molecule has 3 aromatic carbocycles. The second-order valence-electron chi connectivity index (χ2n) is 7.47. The number of benzene rings is 3. The molecule has 0 fully saturated rings. The zero-order chi connectivity index (χ0) is 23.1. The van der Waals surface area contributed by atoms with Gasteiger partial charge in [-0.2, -0.15) is 0 Å². The lowest BCUT2D eigenvalue weighted by Crippen LogP contribution is -2.49. The molecule has 1 N–H and O–H groups in total. The van der Waals surface area contributed by atoms with Gasteiger partial charge in [0.25, 0.3) is 5.91 Å². The molecule has 0 saturated carbocycles. The van der Waals surface area contributed by atoms with Crippen molar-refractivity contribution in [2.24, 2.45) is 0 Å². The van der Waals surface area contributed by atoms with Crippen LogP contribution < -0.4 is 10.1 Å². The smallest absolute Gasteiger partial charge is 0.261 e. The Morgan fingerprint density at radius 2 is 1.81 bits per heavy atom. The summed E-state index contributed by atoms with van der Waals surface area (Å²) in [6.45, 7) is 4.25. The van der Waals surface area contributed by atoms with Crippen LogP contribution in [0.25, 0.3) is 10.8 Å². The minimum absolute atomic E-state index is 0.202. The number of halogens is 2. The minimum atomic E-state index is -0.672. The fraction of sp³-hybridized carbons (Fsp3) is 0.280. The van der Waals surface area contributed by atoms with Crippen LogP contribution in [0, 0.1) is 0 Å². The third-order valence-corrected chi connectivity index (χ3v) is 6.38. The normalized spacial score (nSPS) is 11.8. The van der Waals surface area contributed by atoms with Gasteiger partial charge in [0, 0.05) is 18.1 Å². The van der Waals surface area contributed by atoms with Gasteiger partial charge in [-0.05, 0) is 57.7 Å². The van der Waals surface area contributed by atoms with Crippen LogP contribution in [0.5, 0.6) is 5.75 Å². The first-order chi connectivity index (χ1) is 15.4. The van der Waals surface area contributed by atoms with Gasteiger partial charge >= 0.3 is 0 Å². The number of nitrogens with zero attached hydrogens (tertiary/aromatic N) is 1. The van der Waals surface area contributed by atoms with Crippen LogP contribution in [0.4, 0.5) is 0 Å². The van der Waals surface area contributed by atoms with E-state index in [-0.39, 0.29) is 25.0 Å². The fourth-order valence-electron chi connectivity index (χ4n) is 3.34. The molecule has 0 aliphatic heterocycles. The van der Waals surface area contributed by atoms with E-state index in [1.807, 2.05) is 61.5 Å². The quantitative estimate of drug-likeness (QED) is 0.403. The fourth-order valence-corrected chi connectivity index (χ4v) is 4.14. The monoisotopic (exact) mass is 516 g/mol. The number of ether oxygens (including phenoxy) is 1. The molecule has 0 heterocycles. The summed E-state index contributed by atoms with van der Waals surface area (Å²) in [4.78, 5) is 27.3. The van der Waals surface area contributed by atoms with Gasteiger partial charge in [-0.25, -0.2) is 0 Å². The molecule has 0 bridgehead atoms. The lowest BCUT2D eigenvalue weighted by molar-refractivity contribution is -0.142. The zero-order valence-electron chi connectivity index (χ0n) is 18.1. The van der Waals surface area contributed by atoms with Crippen molar-refractivity contribution >= 4 is 50.1 Å². The lowest BCUT2D eigenvalue weighted by Gasteiger charge is -2.29. The van der Waals surface area contributed by atoms with E-state index < -0.39 is 6.04 Å². The van der Waals surface area contributed by atoms with Crippen LogP contribution in [0.1, 0.15) is 25.8 Å². The number of fused-ring (bicyclic) bond motifs is 1. The van der Waals surface area contributed by atoms with E-state index >= 15 is 0 Å². The molecule has 3 rings (SSSR count). The predicted molar refractivity (Wildman–Crippen MR) is 132 cm³/mol. The molecular formula is C25H26BrClN2O3. The summed E-state index contributed by atoms with van der Waals surface area (Å²) in [5.41, 5.74) is 0.768. The number of carbonyl (C=O) groups is 2. The first kappa shape index (κ1) is 24.1. The van der Waals surface area contributed by atoms with Crippen LogP contribution >= 0.6 is 27.5 Å². The van der Waals surface area contributed by atoms with E-state index in [9.17, 15) is 9.59 Å². The second-order valence-corrected chi connectivity index (χ2v) is 8.67. The molecule has 0 spiro atoms. The number of hydrogen-bond acceptors (Lipinski definition) is 3. The maximum Gasteiger partial charge on any atom is 0.261 e.